The van der Waals surface area contributed by atoms with E-state index in [4.69, 9.17) is 21.3 Å². The fourth-order valence-corrected chi connectivity index (χ4v) is 16.5. The van der Waals surface area contributed by atoms with Crippen molar-refractivity contribution in [3.8, 4) is 51.3 Å². The fraction of sp³-hybridized carbons (Fsp3) is 0.0119. The number of benzene rings is 12. The molecule has 93 heavy (non-hydrogen) atoms. The minimum absolute atomic E-state index is 0.592. The van der Waals surface area contributed by atoms with Crippen LogP contribution in [-0.2, 0) is 5.41 Å². The van der Waals surface area contributed by atoms with Gasteiger partial charge in [0.15, 0.2) is 5.69 Å². The highest BCUT2D eigenvalue weighted by molar-refractivity contribution is 6.14. The summed E-state index contributed by atoms with van der Waals surface area (Å²) in [6.45, 7) is 8.06. The number of para-hydroxylation sites is 8. The van der Waals surface area contributed by atoms with Gasteiger partial charge in [0.2, 0.25) is 0 Å². The highest BCUT2D eigenvalue weighted by Crippen LogP contribution is 2.63. The monoisotopic (exact) mass is 1180 g/mol. The lowest BCUT2D eigenvalue weighted by molar-refractivity contribution is 0.436. The molecule has 21 rings (SSSR count). The van der Waals surface area contributed by atoms with Crippen LogP contribution in [0.25, 0.3) is 154 Å². The quantitative estimate of drug-likeness (QED) is 0.161. The summed E-state index contributed by atoms with van der Waals surface area (Å²) < 4.78 is 19.4. The van der Waals surface area contributed by atoms with Crippen LogP contribution >= 0.6 is 0 Å². The molecule has 0 fully saturated rings. The predicted molar refractivity (Wildman–Crippen MR) is 377 cm³/mol. The van der Waals surface area contributed by atoms with Gasteiger partial charge >= 0.3 is 0 Å². The summed E-state index contributed by atoms with van der Waals surface area (Å²) in [7, 11) is 0. The normalized spacial score (nSPS) is 14.1. The van der Waals surface area contributed by atoms with Crippen molar-refractivity contribution in [2.24, 2.45) is 0 Å². The van der Waals surface area contributed by atoms with Crippen molar-refractivity contribution in [2.75, 3.05) is 0 Å². The van der Waals surface area contributed by atoms with Gasteiger partial charge in [-0.1, -0.05) is 152 Å². The van der Waals surface area contributed by atoms with Gasteiger partial charge in [-0.3, -0.25) is 9.97 Å². The van der Waals surface area contributed by atoms with Crippen LogP contribution in [0.15, 0.2) is 291 Å². The molecule has 12 aromatic carbocycles. The van der Waals surface area contributed by atoms with E-state index >= 15 is 0 Å². The third-order valence-electron chi connectivity index (χ3n) is 20.2. The van der Waals surface area contributed by atoms with Crippen LogP contribution in [0.5, 0.6) is 11.5 Å². The molecule has 1 atom stereocenters. The van der Waals surface area contributed by atoms with Gasteiger partial charge in [-0.2, -0.15) is 0 Å². The average Bonchev–Trinajstić information content (AvgIpc) is 1.60. The van der Waals surface area contributed by atoms with Crippen molar-refractivity contribution in [1.29, 1.82) is 0 Å². The molecular weight excluding hydrogens is 1140 g/mol. The van der Waals surface area contributed by atoms with Crippen LogP contribution in [0.4, 0.5) is 5.69 Å². The molecule has 430 valence electrons. The van der Waals surface area contributed by atoms with Gasteiger partial charge in [0, 0.05) is 87.8 Å². The molecular formula is C84H48N8O. The largest absolute Gasteiger partial charge is 0.457 e. The maximum absolute atomic E-state index is 8.06. The second kappa shape index (κ2) is 18.4. The topological polar surface area (TPSA) is 64.0 Å². The molecule has 0 bridgehead atoms. The van der Waals surface area contributed by atoms with E-state index in [9.17, 15) is 0 Å². The van der Waals surface area contributed by atoms with E-state index in [0.717, 1.165) is 139 Å². The molecule has 0 radical (unpaired) electrons. The summed E-state index contributed by atoms with van der Waals surface area (Å²) in [6.07, 6.45) is 4.05. The molecule has 1 aliphatic carbocycles. The molecule has 1 spiro atoms. The first-order chi connectivity index (χ1) is 46.1. The summed E-state index contributed by atoms with van der Waals surface area (Å²) in [5.41, 5.74) is 20.8. The Morgan fingerprint density at radius 1 is 0.269 bits per heavy atom. The molecule has 0 saturated carbocycles. The number of aromatic nitrogens is 7. The van der Waals surface area contributed by atoms with E-state index in [1.54, 1.807) is 0 Å². The number of nitrogens with zero attached hydrogens (tertiary/aromatic N) is 8. The SMILES string of the molecule is [C-]#[N+]c1ccc2c(c1)c1ccccc1n2-c1cnc2c(c1)C1(c3cc(-n4c5ccccc5c5ccccc54)ccc3Oc3ccc(-n4c5ccccc5c5cc(-n6c7ccccc7c7ccccc76)ccc54)cc31)c1cc(-n3c4ccccc4c4ccccc43)cnc1-2. The lowest BCUT2D eigenvalue weighted by Crippen LogP contribution is -2.33. The minimum atomic E-state index is -1.12. The molecule has 9 heteroatoms. The molecule has 0 saturated heterocycles. The number of ether oxygens (including phenoxy) is 1. The number of rotatable bonds is 5. The van der Waals surface area contributed by atoms with E-state index < -0.39 is 5.41 Å². The Balaban J connectivity index is 0.884. The zero-order chi connectivity index (χ0) is 60.8. The van der Waals surface area contributed by atoms with Crippen LogP contribution in [0.2, 0.25) is 0 Å². The highest BCUT2D eigenvalue weighted by atomic mass is 16.5. The molecule has 2 aliphatic rings. The van der Waals surface area contributed by atoms with Crippen LogP contribution in [-0.4, -0.2) is 32.8 Å². The number of hydrogen-bond acceptors (Lipinski definition) is 3. The van der Waals surface area contributed by atoms with Gasteiger partial charge < -0.3 is 27.6 Å². The first-order valence-electron chi connectivity index (χ1n) is 31.5. The Morgan fingerprint density at radius 3 is 0.914 bits per heavy atom. The standard InChI is InChI=1S/C84H48N8O/c1-85-50-34-38-78-64(42-50)62-24-8-17-33-77(62)92(78)55-47-69-83(87-49-55)82-68(46-54(48-86-82)91-74-30-14-6-22-60(74)61-23-7-15-31-75(61)91)84(69)66-44-52(89-72-28-12-4-20-58(72)59-21-5-13-29-73(59)89)36-40-80(66)93-81-41-37-53(45-67(81)84)90-76-32-16-9-25-63(76)65-43-51(35-39-79(65)90)88-70-26-10-2-18-56(70)57-19-3-11-27-71(57)88/h2-49H. The van der Waals surface area contributed by atoms with E-state index in [1.165, 1.54) is 43.4 Å². The third kappa shape index (κ3) is 6.62. The van der Waals surface area contributed by atoms with Crippen molar-refractivity contribution in [3.63, 3.8) is 0 Å². The van der Waals surface area contributed by atoms with E-state index in [-0.39, 0.29) is 0 Å². The number of fused-ring (bicyclic) bond motifs is 24. The Morgan fingerprint density at radius 2 is 0.548 bits per heavy atom. The maximum Gasteiger partial charge on any atom is 0.188 e. The van der Waals surface area contributed by atoms with Crippen LogP contribution < -0.4 is 4.74 Å². The Labute approximate surface area is 531 Å². The molecule has 1 aliphatic heterocycles. The molecule has 0 N–H and O–H groups in total. The first-order valence-corrected chi connectivity index (χ1v) is 31.5. The number of hydrogen-bond donors (Lipinski definition) is 0. The summed E-state index contributed by atoms with van der Waals surface area (Å²) in [5.74, 6) is 1.48. The van der Waals surface area contributed by atoms with Gasteiger partial charge in [0.05, 0.1) is 102 Å². The molecule has 8 heterocycles. The van der Waals surface area contributed by atoms with Gasteiger partial charge in [0.1, 0.15) is 11.5 Å². The van der Waals surface area contributed by atoms with Crippen molar-refractivity contribution >= 4 is 115 Å². The fourth-order valence-electron chi connectivity index (χ4n) is 16.5. The molecule has 1 unspecified atom stereocenters. The summed E-state index contributed by atoms with van der Waals surface area (Å²) in [6, 6.07) is 101. The number of pyridine rings is 2. The van der Waals surface area contributed by atoms with Crippen LogP contribution in [0.1, 0.15) is 22.3 Å². The molecule has 19 aromatic rings. The van der Waals surface area contributed by atoms with Gasteiger partial charge in [-0.05, 0) is 133 Å². The second-order valence-corrected chi connectivity index (χ2v) is 24.7. The maximum atomic E-state index is 8.06. The Kier molecular flexibility index (Phi) is 9.93. The summed E-state index contributed by atoms with van der Waals surface area (Å²) in [4.78, 5) is 15.2. The minimum Gasteiger partial charge on any atom is -0.457 e. The molecule has 9 nitrogen and oxygen atoms in total. The Hall–Kier alpha value is -12.8. The van der Waals surface area contributed by atoms with Crippen LogP contribution in [0.3, 0.4) is 0 Å². The van der Waals surface area contributed by atoms with Crippen molar-refractivity contribution < 1.29 is 4.74 Å². The lowest BCUT2D eigenvalue weighted by Gasteiger charge is -2.39. The second-order valence-electron chi connectivity index (χ2n) is 24.7. The predicted octanol–water partition coefficient (Wildman–Crippen LogP) is 21.0. The molecule has 0 amide bonds. The smallest absolute Gasteiger partial charge is 0.188 e. The zero-order valence-electron chi connectivity index (χ0n) is 49.7. The Bertz CT molecular complexity index is 6420. The van der Waals surface area contributed by atoms with Crippen molar-refractivity contribution in [2.45, 2.75) is 5.41 Å². The van der Waals surface area contributed by atoms with Crippen molar-refractivity contribution in [3.05, 3.63) is 325 Å². The zero-order valence-corrected chi connectivity index (χ0v) is 49.7. The van der Waals surface area contributed by atoms with Gasteiger partial charge in [0.25, 0.3) is 0 Å². The highest BCUT2D eigenvalue weighted by Gasteiger charge is 2.54. The third-order valence-corrected chi connectivity index (χ3v) is 20.2. The van der Waals surface area contributed by atoms with Gasteiger partial charge in [-0.25, -0.2) is 4.85 Å². The summed E-state index contributed by atoms with van der Waals surface area (Å²) >= 11 is 0. The summed E-state index contributed by atoms with van der Waals surface area (Å²) in [5, 5.41) is 11.5. The first kappa shape index (κ1) is 50.1. The van der Waals surface area contributed by atoms with E-state index in [0.29, 0.717) is 5.69 Å². The lowest BCUT2D eigenvalue weighted by atomic mass is 9.66. The van der Waals surface area contributed by atoms with Gasteiger partial charge in [-0.15, -0.1) is 0 Å². The molecule has 7 aromatic heterocycles. The average molecular weight is 1190 g/mol. The van der Waals surface area contributed by atoms with E-state index in [2.05, 4.69) is 295 Å². The van der Waals surface area contributed by atoms with E-state index in [1.807, 2.05) is 24.5 Å². The van der Waals surface area contributed by atoms with Crippen molar-refractivity contribution in [1.82, 2.24) is 32.8 Å². The van der Waals surface area contributed by atoms with Crippen LogP contribution in [0, 0.1) is 6.57 Å².